The highest BCUT2D eigenvalue weighted by atomic mass is 32.2. The van der Waals surface area contributed by atoms with Crippen LogP contribution in [0, 0.1) is 6.92 Å². The lowest BCUT2D eigenvalue weighted by molar-refractivity contribution is 0.600. The van der Waals surface area contributed by atoms with E-state index in [9.17, 15) is 16.8 Å². The number of hydrogen-bond acceptors (Lipinski definition) is 4. The Balaban J connectivity index is 2.51. The zero-order chi connectivity index (χ0) is 15.7. The Kier molecular flexibility index (Phi) is 4.06. The predicted octanol–water partition coefficient (Wildman–Crippen LogP) is 2.20. The lowest BCUT2D eigenvalue weighted by Gasteiger charge is -2.12. The van der Waals surface area contributed by atoms with Crippen molar-refractivity contribution in [3.05, 3.63) is 54.1 Å². The summed E-state index contributed by atoms with van der Waals surface area (Å²) in [5.41, 5.74) is 0.630. The van der Waals surface area contributed by atoms with Crippen molar-refractivity contribution in [3.8, 4) is 0 Å². The number of rotatable bonds is 4. The van der Waals surface area contributed by atoms with Gasteiger partial charge in [0.15, 0.2) is 9.84 Å². The van der Waals surface area contributed by atoms with Crippen LogP contribution < -0.4 is 4.72 Å². The van der Waals surface area contributed by atoms with Crippen molar-refractivity contribution in [2.45, 2.75) is 16.7 Å². The summed E-state index contributed by atoms with van der Waals surface area (Å²) in [7, 11) is -7.37. The second-order valence-corrected chi connectivity index (χ2v) is 8.27. The van der Waals surface area contributed by atoms with Gasteiger partial charge in [-0.15, -0.1) is 0 Å². The van der Waals surface area contributed by atoms with Crippen LogP contribution in [0.15, 0.2) is 58.3 Å². The molecule has 0 aliphatic rings. The van der Waals surface area contributed by atoms with Crippen molar-refractivity contribution in [1.29, 1.82) is 0 Å². The van der Waals surface area contributed by atoms with Crippen LogP contribution in [0.4, 0.5) is 5.69 Å². The van der Waals surface area contributed by atoms with E-state index in [2.05, 4.69) is 4.72 Å². The number of nitrogens with one attached hydrogen (secondary N) is 1. The molecule has 2 aromatic carbocycles. The molecule has 7 heteroatoms. The average Bonchev–Trinajstić information content (AvgIpc) is 2.38. The molecular formula is C14H15NO4S2. The molecule has 1 N–H and O–H groups in total. The van der Waals surface area contributed by atoms with Crippen molar-refractivity contribution >= 4 is 25.5 Å². The number of anilines is 1. The van der Waals surface area contributed by atoms with E-state index in [0.717, 1.165) is 6.26 Å². The molecule has 0 saturated heterocycles. The number of aryl methyl sites for hydroxylation is 1. The zero-order valence-electron chi connectivity index (χ0n) is 11.6. The van der Waals surface area contributed by atoms with Crippen molar-refractivity contribution in [2.75, 3.05) is 11.0 Å². The molecule has 0 spiro atoms. The third-order valence-electron chi connectivity index (χ3n) is 2.91. The fourth-order valence-corrected chi connectivity index (χ4v) is 4.17. The Labute approximate surface area is 124 Å². The summed E-state index contributed by atoms with van der Waals surface area (Å²) in [4.78, 5) is 0.0652. The van der Waals surface area contributed by atoms with Crippen LogP contribution in [0.2, 0.25) is 0 Å². The summed E-state index contributed by atoms with van der Waals surface area (Å²) >= 11 is 0. The Morgan fingerprint density at radius 2 is 1.33 bits per heavy atom. The molecule has 0 fully saturated rings. The van der Waals surface area contributed by atoms with Crippen LogP contribution in [0.25, 0.3) is 0 Å². The summed E-state index contributed by atoms with van der Waals surface area (Å²) in [6, 6.07) is 12.4. The summed E-state index contributed by atoms with van der Waals surface area (Å²) in [6.07, 6.45) is 1.04. The third kappa shape index (κ3) is 3.43. The van der Waals surface area contributed by atoms with Crippen LogP contribution in [0.5, 0.6) is 0 Å². The van der Waals surface area contributed by atoms with E-state index in [0.29, 0.717) is 5.56 Å². The topological polar surface area (TPSA) is 80.3 Å². The maximum atomic E-state index is 12.4. The molecular weight excluding hydrogens is 310 g/mol. The highest BCUT2D eigenvalue weighted by Gasteiger charge is 2.20. The number of hydrogen-bond donors (Lipinski definition) is 1. The van der Waals surface area contributed by atoms with Crippen LogP contribution in [-0.4, -0.2) is 23.1 Å². The predicted molar refractivity (Wildman–Crippen MR) is 81.5 cm³/mol. The molecule has 2 aromatic rings. The van der Waals surface area contributed by atoms with Crippen molar-refractivity contribution in [1.82, 2.24) is 0 Å². The largest absolute Gasteiger partial charge is 0.278 e. The molecule has 2 rings (SSSR count). The molecule has 0 radical (unpaired) electrons. The van der Waals surface area contributed by atoms with Gasteiger partial charge in [-0.25, -0.2) is 16.8 Å². The van der Waals surface area contributed by atoms with Crippen LogP contribution in [0.3, 0.4) is 0 Å². The summed E-state index contributed by atoms with van der Waals surface area (Å²) in [5.74, 6) is 0. The molecule has 0 unspecified atom stereocenters. The zero-order valence-corrected chi connectivity index (χ0v) is 13.2. The fraction of sp³-hybridized carbons (Fsp3) is 0.143. The van der Waals surface area contributed by atoms with Crippen molar-refractivity contribution in [2.24, 2.45) is 0 Å². The number of para-hydroxylation sites is 1. The van der Waals surface area contributed by atoms with Gasteiger partial charge in [-0.1, -0.05) is 30.3 Å². The molecule has 0 atom stereocenters. The van der Waals surface area contributed by atoms with Crippen molar-refractivity contribution < 1.29 is 16.8 Å². The van der Waals surface area contributed by atoms with Gasteiger partial charge in [0, 0.05) is 6.26 Å². The minimum atomic E-state index is -3.84. The quantitative estimate of drug-likeness (QED) is 0.934. The molecule has 0 saturated carbocycles. The van der Waals surface area contributed by atoms with Gasteiger partial charge in [-0.05, 0) is 30.7 Å². The molecule has 0 aliphatic heterocycles. The number of sulfonamides is 1. The minimum absolute atomic E-state index is 0.0447. The van der Waals surface area contributed by atoms with Gasteiger partial charge in [0.1, 0.15) is 0 Å². The molecule has 0 heterocycles. The van der Waals surface area contributed by atoms with Crippen molar-refractivity contribution in [3.63, 3.8) is 0 Å². The van der Waals surface area contributed by atoms with E-state index in [1.54, 1.807) is 37.3 Å². The highest BCUT2D eigenvalue weighted by Crippen LogP contribution is 2.24. The van der Waals surface area contributed by atoms with Gasteiger partial charge in [0.2, 0.25) is 0 Å². The summed E-state index contributed by atoms with van der Waals surface area (Å²) < 4.78 is 50.6. The number of benzene rings is 2. The van der Waals surface area contributed by atoms with Gasteiger partial charge in [0.05, 0.1) is 15.5 Å². The lowest BCUT2D eigenvalue weighted by atomic mass is 10.2. The first-order chi connectivity index (χ1) is 9.72. The molecule has 0 amide bonds. The molecule has 0 aromatic heterocycles. The van der Waals surface area contributed by atoms with Gasteiger partial charge in [-0.2, -0.15) is 0 Å². The van der Waals surface area contributed by atoms with E-state index < -0.39 is 19.9 Å². The normalized spacial score (nSPS) is 12.1. The van der Waals surface area contributed by atoms with E-state index in [-0.39, 0.29) is 15.5 Å². The first-order valence-corrected chi connectivity index (χ1v) is 9.47. The van der Waals surface area contributed by atoms with E-state index in [4.69, 9.17) is 0 Å². The monoisotopic (exact) mass is 325 g/mol. The second-order valence-electron chi connectivity index (χ2n) is 4.64. The van der Waals surface area contributed by atoms with Gasteiger partial charge < -0.3 is 0 Å². The molecule has 5 nitrogen and oxygen atoms in total. The van der Waals surface area contributed by atoms with Crippen LogP contribution in [-0.2, 0) is 19.9 Å². The first kappa shape index (κ1) is 15.5. The van der Waals surface area contributed by atoms with Gasteiger partial charge >= 0.3 is 0 Å². The number of sulfone groups is 1. The van der Waals surface area contributed by atoms with E-state index in [1.807, 2.05) is 0 Å². The highest BCUT2D eigenvalue weighted by molar-refractivity contribution is 7.93. The summed E-state index contributed by atoms with van der Waals surface area (Å²) in [6.45, 7) is 1.68. The van der Waals surface area contributed by atoms with Crippen LogP contribution in [0.1, 0.15) is 5.56 Å². The first-order valence-electron chi connectivity index (χ1n) is 6.09. The average molecular weight is 325 g/mol. The molecule has 21 heavy (non-hydrogen) atoms. The Morgan fingerprint density at radius 1 is 0.810 bits per heavy atom. The molecule has 0 bridgehead atoms. The van der Waals surface area contributed by atoms with Gasteiger partial charge in [0.25, 0.3) is 10.0 Å². The Bertz CT molecular complexity index is 871. The fourth-order valence-electron chi connectivity index (χ4n) is 1.93. The molecule has 112 valence electrons. The van der Waals surface area contributed by atoms with Crippen LogP contribution >= 0.6 is 0 Å². The standard InChI is InChI=1S/C14H15NO4S2/c1-11-7-3-5-9-13(11)21(18,19)15-12-8-4-6-10-14(12)20(2,16)17/h3-10,15H,1-2H3. The van der Waals surface area contributed by atoms with Gasteiger partial charge in [-0.3, -0.25) is 4.72 Å². The second kappa shape index (κ2) is 5.50. The van der Waals surface area contributed by atoms with E-state index >= 15 is 0 Å². The smallest absolute Gasteiger partial charge is 0.262 e. The SMILES string of the molecule is Cc1ccccc1S(=O)(=O)Nc1ccccc1S(C)(=O)=O. The summed E-state index contributed by atoms with van der Waals surface area (Å²) in [5, 5.41) is 0. The Morgan fingerprint density at radius 3 is 1.90 bits per heavy atom. The third-order valence-corrected chi connectivity index (χ3v) is 5.59. The Hall–Kier alpha value is -1.86. The maximum absolute atomic E-state index is 12.4. The van der Waals surface area contributed by atoms with E-state index in [1.165, 1.54) is 18.2 Å². The molecule has 0 aliphatic carbocycles. The lowest BCUT2D eigenvalue weighted by Crippen LogP contribution is -2.16. The maximum Gasteiger partial charge on any atom is 0.262 e. The minimum Gasteiger partial charge on any atom is -0.278 e.